The minimum absolute atomic E-state index is 0.131. The zero-order valence-electron chi connectivity index (χ0n) is 21.6. The van der Waals surface area contributed by atoms with Crippen molar-refractivity contribution in [3.05, 3.63) is 92.2 Å². The lowest BCUT2D eigenvalue weighted by atomic mass is 9.75. The van der Waals surface area contributed by atoms with Gasteiger partial charge in [0.2, 0.25) is 0 Å². The first-order chi connectivity index (χ1) is 17.7. The summed E-state index contributed by atoms with van der Waals surface area (Å²) >= 11 is 0. The monoisotopic (exact) mass is 500 g/mol. The number of rotatable bonds is 5. The number of ether oxygens (including phenoxy) is 1. The Balaban J connectivity index is 1.60. The SMILES string of the molecule is CC1=C(C(=O)O[C@H]2C[C@@H](C(C)C)CC[C@@H]2C)[C@@H](c2ccccc2[N+](=O)[O-])C2=C(N1)c1ccccc1C2=O. The van der Waals surface area contributed by atoms with E-state index in [2.05, 4.69) is 26.1 Å². The number of fused-ring (bicyclic) bond motifs is 2. The van der Waals surface area contributed by atoms with E-state index in [-0.39, 0.29) is 29.1 Å². The smallest absolute Gasteiger partial charge is 0.337 e. The molecule has 0 amide bonds. The summed E-state index contributed by atoms with van der Waals surface area (Å²) in [4.78, 5) is 39.2. The number of nitrogens with zero attached hydrogens (tertiary/aromatic N) is 1. The number of para-hydroxylation sites is 1. The third kappa shape index (κ3) is 4.26. The topological polar surface area (TPSA) is 98.5 Å². The number of nitro benzene ring substituents is 1. The van der Waals surface area contributed by atoms with Gasteiger partial charge in [-0.3, -0.25) is 14.9 Å². The van der Waals surface area contributed by atoms with Crippen molar-refractivity contribution in [1.82, 2.24) is 5.32 Å². The van der Waals surface area contributed by atoms with Gasteiger partial charge in [0.05, 0.1) is 22.1 Å². The van der Waals surface area contributed by atoms with Gasteiger partial charge in [-0.1, -0.05) is 63.2 Å². The lowest BCUT2D eigenvalue weighted by Crippen LogP contribution is -2.36. The third-order valence-corrected chi connectivity index (χ3v) is 8.28. The molecule has 0 unspecified atom stereocenters. The van der Waals surface area contributed by atoms with Crippen LogP contribution in [0.5, 0.6) is 0 Å². The van der Waals surface area contributed by atoms with Crippen LogP contribution in [0, 0.1) is 27.9 Å². The number of allylic oxidation sites excluding steroid dienone is 2. The number of carbonyl (C=O) groups is 2. The van der Waals surface area contributed by atoms with Gasteiger partial charge in [-0.15, -0.1) is 0 Å². The van der Waals surface area contributed by atoms with Crippen LogP contribution in [0.1, 0.15) is 74.4 Å². The zero-order valence-corrected chi connectivity index (χ0v) is 21.6. The Labute approximate surface area is 216 Å². The first-order valence-corrected chi connectivity index (χ1v) is 13.0. The lowest BCUT2D eigenvalue weighted by Gasteiger charge is -2.37. The molecule has 0 spiro atoms. The molecule has 0 saturated heterocycles. The van der Waals surface area contributed by atoms with E-state index in [1.807, 2.05) is 12.1 Å². The van der Waals surface area contributed by atoms with E-state index in [9.17, 15) is 19.7 Å². The number of carbonyl (C=O) groups excluding carboxylic acids is 2. The highest BCUT2D eigenvalue weighted by molar-refractivity contribution is 6.23. The summed E-state index contributed by atoms with van der Waals surface area (Å²) in [6.07, 6.45) is 2.64. The number of nitro groups is 1. The molecule has 0 bridgehead atoms. The van der Waals surface area contributed by atoms with Crippen molar-refractivity contribution in [2.45, 2.75) is 59.0 Å². The van der Waals surface area contributed by atoms with E-state index in [0.717, 1.165) is 24.8 Å². The molecule has 1 heterocycles. The summed E-state index contributed by atoms with van der Waals surface area (Å²) in [6.45, 7) is 8.26. The lowest BCUT2D eigenvalue weighted by molar-refractivity contribution is -0.385. The van der Waals surface area contributed by atoms with Crippen molar-refractivity contribution in [3.8, 4) is 0 Å². The number of esters is 1. The Morgan fingerprint density at radius 1 is 1.08 bits per heavy atom. The summed E-state index contributed by atoms with van der Waals surface area (Å²) in [7, 11) is 0. The fourth-order valence-electron chi connectivity index (χ4n) is 6.09. The largest absolute Gasteiger partial charge is 0.459 e. The molecule has 4 atom stereocenters. The number of Topliss-reactive ketones (excluding diaryl/α,β-unsaturated/α-hetero) is 1. The van der Waals surface area contributed by atoms with Crippen LogP contribution in [0.2, 0.25) is 0 Å². The predicted octanol–water partition coefficient (Wildman–Crippen LogP) is 6.17. The maximum atomic E-state index is 13.9. The fraction of sp³-hybridized carbons (Fsp3) is 0.400. The van der Waals surface area contributed by atoms with Crippen molar-refractivity contribution in [3.63, 3.8) is 0 Å². The second-order valence-corrected chi connectivity index (χ2v) is 10.8. The fourth-order valence-corrected chi connectivity index (χ4v) is 6.09. The van der Waals surface area contributed by atoms with E-state index in [4.69, 9.17) is 4.74 Å². The van der Waals surface area contributed by atoms with Gasteiger partial charge in [0.15, 0.2) is 5.78 Å². The van der Waals surface area contributed by atoms with Crippen LogP contribution >= 0.6 is 0 Å². The highest BCUT2D eigenvalue weighted by Crippen LogP contribution is 2.49. The van der Waals surface area contributed by atoms with Crippen molar-refractivity contribution in [1.29, 1.82) is 0 Å². The summed E-state index contributed by atoms with van der Waals surface area (Å²) in [5, 5.41) is 15.3. The molecule has 5 rings (SSSR count). The number of hydrogen-bond acceptors (Lipinski definition) is 6. The van der Waals surface area contributed by atoms with Crippen LogP contribution in [0.4, 0.5) is 5.69 Å². The number of dihydropyridines is 1. The number of benzene rings is 2. The van der Waals surface area contributed by atoms with Gasteiger partial charge in [0, 0.05) is 34.0 Å². The van der Waals surface area contributed by atoms with Crippen LogP contribution in [-0.2, 0) is 9.53 Å². The van der Waals surface area contributed by atoms with Crippen LogP contribution in [0.25, 0.3) is 5.70 Å². The molecular weight excluding hydrogens is 468 g/mol. The van der Waals surface area contributed by atoms with E-state index < -0.39 is 16.8 Å². The highest BCUT2D eigenvalue weighted by atomic mass is 16.6. The standard InChI is InChI=1S/C30H32N2O5/c1-16(2)19-14-13-17(3)24(15-19)37-30(34)25-18(4)31-28-20-9-5-6-10-21(20)29(33)27(28)26(25)22-11-7-8-12-23(22)32(35)36/h5-12,16-17,19,24,26,31H,13-15H2,1-4H3/t17-,19-,24-,26+/m0/s1. The molecule has 3 aliphatic rings. The molecule has 1 saturated carbocycles. The number of ketones is 1. The Morgan fingerprint density at radius 3 is 2.46 bits per heavy atom. The summed E-state index contributed by atoms with van der Waals surface area (Å²) in [6, 6.07) is 13.6. The van der Waals surface area contributed by atoms with Gasteiger partial charge < -0.3 is 10.1 Å². The van der Waals surface area contributed by atoms with Crippen molar-refractivity contribution in [2.24, 2.45) is 17.8 Å². The van der Waals surface area contributed by atoms with E-state index >= 15 is 0 Å². The number of hydrogen-bond donors (Lipinski definition) is 1. The second kappa shape index (κ2) is 9.61. The van der Waals surface area contributed by atoms with Gasteiger partial charge in [-0.25, -0.2) is 4.79 Å². The molecule has 7 heteroatoms. The van der Waals surface area contributed by atoms with Gasteiger partial charge in [-0.05, 0) is 43.9 Å². The molecule has 1 N–H and O–H groups in total. The first kappa shape index (κ1) is 24.9. The van der Waals surface area contributed by atoms with Crippen molar-refractivity contribution in [2.75, 3.05) is 0 Å². The summed E-state index contributed by atoms with van der Waals surface area (Å²) in [5.41, 5.74) is 3.19. The maximum Gasteiger partial charge on any atom is 0.337 e. The first-order valence-electron chi connectivity index (χ1n) is 13.0. The molecule has 37 heavy (non-hydrogen) atoms. The van der Waals surface area contributed by atoms with Crippen LogP contribution < -0.4 is 5.32 Å². The minimum atomic E-state index is -0.912. The minimum Gasteiger partial charge on any atom is -0.459 e. The van der Waals surface area contributed by atoms with Crippen LogP contribution in [0.3, 0.4) is 0 Å². The molecule has 1 aliphatic heterocycles. The summed E-state index contributed by atoms with van der Waals surface area (Å²) < 4.78 is 6.17. The van der Waals surface area contributed by atoms with Gasteiger partial charge in [0.25, 0.3) is 5.69 Å². The molecule has 7 nitrogen and oxygen atoms in total. The highest BCUT2D eigenvalue weighted by Gasteiger charge is 2.45. The Bertz CT molecular complexity index is 1360. The number of nitrogens with one attached hydrogen (secondary N) is 1. The van der Waals surface area contributed by atoms with Crippen LogP contribution in [-0.4, -0.2) is 22.8 Å². The van der Waals surface area contributed by atoms with Crippen LogP contribution in [0.15, 0.2) is 65.4 Å². The molecule has 2 aromatic carbocycles. The molecule has 2 aliphatic carbocycles. The Kier molecular flexibility index (Phi) is 6.48. The predicted molar refractivity (Wildman–Crippen MR) is 141 cm³/mol. The van der Waals surface area contributed by atoms with Gasteiger partial charge in [-0.2, -0.15) is 0 Å². The maximum absolute atomic E-state index is 13.9. The Hall–Kier alpha value is -3.74. The zero-order chi connectivity index (χ0) is 26.4. The quantitative estimate of drug-likeness (QED) is 0.300. The molecule has 192 valence electrons. The van der Waals surface area contributed by atoms with Gasteiger partial charge in [0.1, 0.15) is 6.10 Å². The van der Waals surface area contributed by atoms with Crippen molar-refractivity contribution < 1.29 is 19.2 Å². The Morgan fingerprint density at radius 2 is 1.76 bits per heavy atom. The second-order valence-electron chi connectivity index (χ2n) is 10.8. The molecule has 0 aromatic heterocycles. The average molecular weight is 501 g/mol. The molecule has 2 aromatic rings. The average Bonchev–Trinajstić information content (AvgIpc) is 3.15. The normalized spacial score (nSPS) is 25.1. The van der Waals surface area contributed by atoms with E-state index in [1.54, 1.807) is 37.3 Å². The van der Waals surface area contributed by atoms with Crippen molar-refractivity contribution >= 4 is 23.1 Å². The molecule has 1 fully saturated rings. The van der Waals surface area contributed by atoms with E-state index in [0.29, 0.717) is 39.9 Å². The van der Waals surface area contributed by atoms with Gasteiger partial charge >= 0.3 is 5.97 Å². The van der Waals surface area contributed by atoms with E-state index in [1.165, 1.54) is 6.07 Å². The molecular formula is C30H32N2O5. The summed E-state index contributed by atoms with van der Waals surface area (Å²) in [5.74, 6) is -0.486. The third-order valence-electron chi connectivity index (χ3n) is 8.28. The molecule has 0 radical (unpaired) electrons.